The molecule has 0 aliphatic carbocycles. The van der Waals surface area contributed by atoms with Crippen LogP contribution in [0.5, 0.6) is 0 Å². The molecule has 2 rings (SSSR count). The molecule has 0 aliphatic heterocycles. The average Bonchev–Trinajstić information content (AvgIpc) is 2.85. The molecular formula is C14H21N3S2Si. The van der Waals surface area contributed by atoms with Crippen LogP contribution in [0.25, 0.3) is 0 Å². The Morgan fingerprint density at radius 3 is 2.25 bits per heavy atom. The number of rotatable bonds is 5. The molecule has 0 bridgehead atoms. The summed E-state index contributed by atoms with van der Waals surface area (Å²) in [6.07, 6.45) is 0. The van der Waals surface area contributed by atoms with Crippen molar-refractivity contribution in [2.45, 2.75) is 29.7 Å². The van der Waals surface area contributed by atoms with Crippen molar-refractivity contribution in [3.8, 4) is 0 Å². The maximum Gasteiger partial charge on any atom is 0.208 e. The fourth-order valence-corrected chi connectivity index (χ4v) is 4.57. The van der Waals surface area contributed by atoms with Crippen molar-refractivity contribution in [3.63, 3.8) is 0 Å². The first-order chi connectivity index (χ1) is 9.36. The summed E-state index contributed by atoms with van der Waals surface area (Å²) in [7, 11) is 2.80. The van der Waals surface area contributed by atoms with E-state index in [1.807, 2.05) is 19.0 Å². The second-order valence-corrected chi connectivity index (χ2v) is 13.2. The SMILES string of the molecule is CN(C)c1nnc(SCc2ccc([Si](C)(C)C)cc2)s1. The van der Waals surface area contributed by atoms with E-state index < -0.39 is 8.07 Å². The molecule has 1 aromatic carbocycles. The van der Waals surface area contributed by atoms with E-state index in [0.29, 0.717) is 0 Å². The predicted octanol–water partition coefficient (Wildman–Crippen LogP) is 3.44. The second-order valence-electron chi connectivity index (χ2n) is 5.98. The van der Waals surface area contributed by atoms with E-state index >= 15 is 0 Å². The third-order valence-corrected chi connectivity index (χ3v) is 7.32. The zero-order chi connectivity index (χ0) is 14.8. The molecule has 3 nitrogen and oxygen atoms in total. The number of anilines is 1. The summed E-state index contributed by atoms with van der Waals surface area (Å²) in [5.74, 6) is 0.952. The molecule has 0 unspecified atom stereocenters. The number of nitrogens with zero attached hydrogens (tertiary/aromatic N) is 3. The molecule has 108 valence electrons. The van der Waals surface area contributed by atoms with Crippen molar-refractivity contribution >= 4 is 41.5 Å². The van der Waals surface area contributed by atoms with Crippen molar-refractivity contribution in [2.24, 2.45) is 0 Å². The van der Waals surface area contributed by atoms with Gasteiger partial charge >= 0.3 is 0 Å². The number of thioether (sulfide) groups is 1. The second kappa shape index (κ2) is 6.28. The predicted molar refractivity (Wildman–Crippen MR) is 93.2 cm³/mol. The zero-order valence-corrected chi connectivity index (χ0v) is 15.3. The van der Waals surface area contributed by atoms with Crippen LogP contribution < -0.4 is 10.1 Å². The van der Waals surface area contributed by atoms with Crippen molar-refractivity contribution in [2.75, 3.05) is 19.0 Å². The fourth-order valence-electron chi connectivity index (χ4n) is 1.69. The van der Waals surface area contributed by atoms with Crippen LogP contribution in [0.1, 0.15) is 5.56 Å². The Bertz CT molecular complexity index is 559. The highest BCUT2D eigenvalue weighted by Crippen LogP contribution is 2.29. The minimum Gasteiger partial charge on any atom is -0.353 e. The van der Waals surface area contributed by atoms with Gasteiger partial charge in [0.15, 0.2) is 4.34 Å². The summed E-state index contributed by atoms with van der Waals surface area (Å²) < 4.78 is 1.03. The van der Waals surface area contributed by atoms with Gasteiger partial charge < -0.3 is 4.90 Å². The quantitative estimate of drug-likeness (QED) is 0.622. The Morgan fingerprint density at radius 1 is 1.10 bits per heavy atom. The van der Waals surface area contributed by atoms with Crippen LogP contribution in [0.15, 0.2) is 28.6 Å². The summed E-state index contributed by atoms with van der Waals surface area (Å²) in [5.41, 5.74) is 1.35. The molecule has 0 saturated carbocycles. The van der Waals surface area contributed by atoms with E-state index in [9.17, 15) is 0 Å². The van der Waals surface area contributed by atoms with Crippen molar-refractivity contribution in [1.82, 2.24) is 10.2 Å². The third-order valence-electron chi connectivity index (χ3n) is 2.96. The van der Waals surface area contributed by atoms with Crippen LogP contribution in [-0.4, -0.2) is 32.4 Å². The minimum absolute atomic E-state index is 0.952. The third kappa shape index (κ3) is 4.07. The monoisotopic (exact) mass is 323 g/mol. The number of aromatic nitrogens is 2. The van der Waals surface area contributed by atoms with Gasteiger partial charge in [0.2, 0.25) is 5.13 Å². The highest BCUT2D eigenvalue weighted by molar-refractivity contribution is 8.00. The maximum absolute atomic E-state index is 4.21. The highest BCUT2D eigenvalue weighted by atomic mass is 32.2. The summed E-state index contributed by atoms with van der Waals surface area (Å²) >= 11 is 3.40. The lowest BCUT2D eigenvalue weighted by molar-refractivity contribution is 0.972. The van der Waals surface area contributed by atoms with Crippen LogP contribution in [-0.2, 0) is 5.75 Å². The van der Waals surface area contributed by atoms with E-state index in [1.54, 1.807) is 23.1 Å². The Morgan fingerprint density at radius 2 is 1.75 bits per heavy atom. The molecule has 0 amide bonds. The normalized spacial score (nSPS) is 11.7. The standard InChI is InChI=1S/C14H21N3S2Si/c1-17(2)13-15-16-14(19-13)18-10-11-6-8-12(9-7-11)20(3,4)5/h6-9H,10H2,1-5H3. The van der Waals surface area contributed by atoms with Gasteiger partial charge in [0.1, 0.15) is 0 Å². The van der Waals surface area contributed by atoms with Crippen molar-refractivity contribution in [1.29, 1.82) is 0 Å². The first kappa shape index (κ1) is 15.5. The molecule has 20 heavy (non-hydrogen) atoms. The lowest BCUT2D eigenvalue weighted by Crippen LogP contribution is -2.37. The van der Waals surface area contributed by atoms with E-state index in [0.717, 1.165) is 15.2 Å². The first-order valence-electron chi connectivity index (χ1n) is 6.59. The maximum atomic E-state index is 4.21. The van der Waals surface area contributed by atoms with Gasteiger partial charge in [0, 0.05) is 19.8 Å². The zero-order valence-electron chi connectivity index (χ0n) is 12.7. The molecule has 1 aromatic heterocycles. The lowest BCUT2D eigenvalue weighted by Gasteiger charge is -2.16. The molecule has 0 saturated heterocycles. The summed E-state index contributed by atoms with van der Waals surface area (Å²) in [6, 6.07) is 9.06. The molecule has 0 fully saturated rings. The molecule has 2 aromatic rings. The fraction of sp³-hybridized carbons (Fsp3) is 0.429. The summed E-state index contributed by atoms with van der Waals surface area (Å²) in [6.45, 7) is 7.13. The smallest absolute Gasteiger partial charge is 0.208 e. The van der Waals surface area contributed by atoms with E-state index in [-0.39, 0.29) is 0 Å². The molecule has 0 radical (unpaired) electrons. The van der Waals surface area contributed by atoms with Crippen molar-refractivity contribution < 1.29 is 0 Å². The average molecular weight is 324 g/mol. The molecule has 0 spiro atoms. The van der Waals surface area contributed by atoms with E-state index in [2.05, 4.69) is 54.1 Å². The Hall–Kier alpha value is -0.853. The Kier molecular flexibility index (Phi) is 4.88. The summed E-state index contributed by atoms with van der Waals surface area (Å²) in [4.78, 5) is 1.99. The molecular weight excluding hydrogens is 302 g/mol. The van der Waals surface area contributed by atoms with Crippen LogP contribution in [0.4, 0.5) is 5.13 Å². The van der Waals surface area contributed by atoms with Crippen LogP contribution in [0.3, 0.4) is 0 Å². The van der Waals surface area contributed by atoms with Gasteiger partial charge in [-0.3, -0.25) is 0 Å². The van der Waals surface area contributed by atoms with Gasteiger partial charge in [-0.25, -0.2) is 0 Å². The highest BCUT2D eigenvalue weighted by Gasteiger charge is 2.15. The molecule has 6 heteroatoms. The first-order valence-corrected chi connectivity index (χ1v) is 11.9. The number of hydrogen-bond donors (Lipinski definition) is 0. The van der Waals surface area contributed by atoms with Gasteiger partial charge in [0.25, 0.3) is 0 Å². The van der Waals surface area contributed by atoms with Crippen molar-refractivity contribution in [3.05, 3.63) is 29.8 Å². The van der Waals surface area contributed by atoms with Crippen LogP contribution in [0.2, 0.25) is 19.6 Å². The minimum atomic E-state index is -1.19. The van der Waals surface area contributed by atoms with Crippen LogP contribution in [0, 0.1) is 0 Å². The topological polar surface area (TPSA) is 29.0 Å². The van der Waals surface area contributed by atoms with Gasteiger partial charge in [0.05, 0.1) is 8.07 Å². The van der Waals surface area contributed by atoms with Gasteiger partial charge in [-0.15, -0.1) is 10.2 Å². The lowest BCUT2D eigenvalue weighted by atomic mass is 10.2. The number of hydrogen-bond acceptors (Lipinski definition) is 5. The molecule has 0 N–H and O–H groups in total. The Labute approximate surface area is 130 Å². The molecule has 1 heterocycles. The molecule has 0 atom stereocenters. The van der Waals surface area contributed by atoms with Gasteiger partial charge in [-0.1, -0.05) is 72.2 Å². The molecule has 0 aliphatic rings. The number of benzene rings is 1. The van der Waals surface area contributed by atoms with E-state index in [4.69, 9.17) is 0 Å². The Balaban J connectivity index is 1.97. The van der Waals surface area contributed by atoms with Gasteiger partial charge in [-0.2, -0.15) is 0 Å². The van der Waals surface area contributed by atoms with Crippen LogP contribution >= 0.6 is 23.1 Å². The van der Waals surface area contributed by atoms with Gasteiger partial charge in [-0.05, 0) is 5.56 Å². The largest absolute Gasteiger partial charge is 0.353 e. The van der Waals surface area contributed by atoms with E-state index in [1.165, 1.54) is 10.8 Å². The summed E-state index contributed by atoms with van der Waals surface area (Å²) in [5, 5.41) is 10.8.